The Morgan fingerprint density at radius 2 is 2.27 bits per heavy atom. The predicted octanol–water partition coefficient (Wildman–Crippen LogP) is 3.54. The highest BCUT2D eigenvalue weighted by Crippen LogP contribution is 2.36. The number of hydrogen-bond donors (Lipinski definition) is 1. The number of alkyl halides is 2. The number of thiophene rings is 1. The van der Waals surface area contributed by atoms with E-state index in [9.17, 15) is 8.78 Å². The van der Waals surface area contributed by atoms with Crippen LogP contribution in [0.2, 0.25) is 0 Å². The van der Waals surface area contributed by atoms with Crippen molar-refractivity contribution in [2.45, 2.75) is 38.2 Å². The third-order valence-corrected chi connectivity index (χ3v) is 3.80. The molecule has 1 fully saturated rings. The van der Waals surface area contributed by atoms with Crippen molar-refractivity contribution in [2.24, 2.45) is 0 Å². The van der Waals surface area contributed by atoms with Gasteiger partial charge in [0, 0.05) is 11.6 Å². The fraction of sp³-hybridized carbons (Fsp3) is 0.636. The molecule has 2 rings (SSSR count). The highest BCUT2D eigenvalue weighted by Gasteiger charge is 2.25. The largest absolute Gasteiger partial charge is 0.314 e. The Kier molecular flexibility index (Phi) is 3.36. The van der Waals surface area contributed by atoms with Gasteiger partial charge >= 0.3 is 0 Å². The molecule has 15 heavy (non-hydrogen) atoms. The van der Waals surface area contributed by atoms with Crippen molar-refractivity contribution < 1.29 is 8.78 Å². The van der Waals surface area contributed by atoms with Crippen LogP contribution in [-0.2, 0) is 0 Å². The molecule has 1 aromatic heterocycles. The lowest BCUT2D eigenvalue weighted by Gasteiger charge is -2.28. The van der Waals surface area contributed by atoms with E-state index >= 15 is 0 Å². The van der Waals surface area contributed by atoms with Crippen molar-refractivity contribution >= 4 is 11.3 Å². The van der Waals surface area contributed by atoms with Gasteiger partial charge in [-0.05, 0) is 48.6 Å². The summed E-state index contributed by atoms with van der Waals surface area (Å²) in [6.07, 6.45) is -0.381. The molecular formula is C11H15F2NS. The summed E-state index contributed by atoms with van der Waals surface area (Å²) in [5.41, 5.74) is 1.13. The smallest absolute Gasteiger partial charge is 0.264 e. The van der Waals surface area contributed by atoms with Crippen LogP contribution >= 0.6 is 11.3 Å². The quantitative estimate of drug-likeness (QED) is 0.821. The molecule has 0 saturated carbocycles. The first-order valence-corrected chi connectivity index (χ1v) is 6.20. The minimum Gasteiger partial charge on any atom is -0.314 e. The van der Waals surface area contributed by atoms with Gasteiger partial charge in [-0.15, -0.1) is 0 Å². The van der Waals surface area contributed by atoms with Crippen molar-refractivity contribution in [2.75, 3.05) is 6.54 Å². The van der Waals surface area contributed by atoms with Gasteiger partial charge in [0.2, 0.25) is 0 Å². The zero-order chi connectivity index (χ0) is 10.8. The summed E-state index contributed by atoms with van der Waals surface area (Å²) < 4.78 is 25.4. The van der Waals surface area contributed by atoms with Gasteiger partial charge < -0.3 is 5.32 Å². The number of hydrogen-bond acceptors (Lipinski definition) is 2. The van der Waals surface area contributed by atoms with Crippen LogP contribution in [0.3, 0.4) is 0 Å². The maximum Gasteiger partial charge on any atom is 0.264 e. The van der Waals surface area contributed by atoms with Gasteiger partial charge in [0.25, 0.3) is 6.43 Å². The van der Waals surface area contributed by atoms with Crippen LogP contribution in [0.5, 0.6) is 0 Å². The number of halogens is 2. The van der Waals surface area contributed by atoms with Gasteiger partial charge in [-0.3, -0.25) is 0 Å². The molecule has 0 aliphatic carbocycles. The number of nitrogens with one attached hydrogen (secondary N) is 1. The van der Waals surface area contributed by atoms with Crippen molar-refractivity contribution in [3.05, 3.63) is 21.9 Å². The first-order chi connectivity index (χ1) is 7.18. The van der Waals surface area contributed by atoms with Crippen molar-refractivity contribution in [1.29, 1.82) is 0 Å². The van der Waals surface area contributed by atoms with E-state index in [0.717, 1.165) is 24.9 Å². The Labute approximate surface area is 92.5 Å². The van der Waals surface area contributed by atoms with E-state index < -0.39 is 6.43 Å². The number of rotatable bonds is 2. The van der Waals surface area contributed by atoms with E-state index in [2.05, 4.69) is 12.2 Å². The minimum absolute atomic E-state index is 0.249. The van der Waals surface area contributed by atoms with E-state index in [1.807, 2.05) is 5.38 Å². The van der Waals surface area contributed by atoms with Crippen LogP contribution in [0.1, 0.15) is 43.2 Å². The Morgan fingerprint density at radius 3 is 2.93 bits per heavy atom. The van der Waals surface area contributed by atoms with Crippen molar-refractivity contribution in [3.8, 4) is 0 Å². The van der Waals surface area contributed by atoms with Crippen LogP contribution in [0.15, 0.2) is 10.8 Å². The molecule has 0 radical (unpaired) electrons. The fourth-order valence-electron chi connectivity index (χ4n) is 2.24. The van der Waals surface area contributed by atoms with E-state index in [4.69, 9.17) is 0 Å². The van der Waals surface area contributed by atoms with Crippen LogP contribution in [-0.4, -0.2) is 12.6 Å². The third-order valence-electron chi connectivity index (χ3n) is 3.02. The van der Waals surface area contributed by atoms with Crippen molar-refractivity contribution in [1.82, 2.24) is 5.32 Å². The fourth-order valence-corrected chi connectivity index (χ4v) is 3.17. The second-order valence-electron chi connectivity index (χ2n) is 4.16. The molecule has 0 amide bonds. The zero-order valence-electron chi connectivity index (χ0n) is 8.67. The van der Waals surface area contributed by atoms with Crippen molar-refractivity contribution in [3.63, 3.8) is 0 Å². The molecule has 1 aliphatic heterocycles. The van der Waals surface area contributed by atoms with Crippen LogP contribution in [0.25, 0.3) is 0 Å². The second-order valence-corrected chi connectivity index (χ2v) is 4.90. The summed E-state index contributed by atoms with van der Waals surface area (Å²) in [5, 5.41) is 6.82. The van der Waals surface area contributed by atoms with Gasteiger partial charge in [-0.2, -0.15) is 11.3 Å². The first-order valence-electron chi connectivity index (χ1n) is 5.26. The van der Waals surface area contributed by atoms with Crippen LogP contribution in [0.4, 0.5) is 8.78 Å². The SMILES string of the molecule is CC1CC(c2cscc2C(F)F)CCN1. The molecule has 1 nitrogen and oxygen atoms in total. The summed E-state index contributed by atoms with van der Waals surface area (Å²) in [4.78, 5) is 0. The zero-order valence-corrected chi connectivity index (χ0v) is 9.49. The van der Waals surface area contributed by atoms with Crippen LogP contribution < -0.4 is 5.32 Å². The van der Waals surface area contributed by atoms with E-state index in [1.54, 1.807) is 5.38 Å². The summed E-state index contributed by atoms with van der Waals surface area (Å²) in [7, 11) is 0. The molecule has 1 aliphatic rings. The topological polar surface area (TPSA) is 12.0 Å². The van der Waals surface area contributed by atoms with Gasteiger partial charge in [0.15, 0.2) is 0 Å². The number of piperidine rings is 1. The van der Waals surface area contributed by atoms with Crippen LogP contribution in [0, 0.1) is 0 Å². The van der Waals surface area contributed by atoms with Gasteiger partial charge in [-0.25, -0.2) is 8.78 Å². The summed E-state index contributed by atoms with van der Waals surface area (Å²) in [6.45, 7) is 3.05. The summed E-state index contributed by atoms with van der Waals surface area (Å²) >= 11 is 1.39. The molecule has 2 unspecified atom stereocenters. The molecule has 2 heterocycles. The lowest BCUT2D eigenvalue weighted by molar-refractivity contribution is 0.149. The van der Waals surface area contributed by atoms with E-state index in [1.165, 1.54) is 11.3 Å². The van der Waals surface area contributed by atoms with Gasteiger partial charge in [0.1, 0.15) is 0 Å². The maximum atomic E-state index is 12.7. The first kappa shape index (κ1) is 11.0. The second kappa shape index (κ2) is 4.58. The lowest BCUT2D eigenvalue weighted by Crippen LogP contribution is -2.35. The summed E-state index contributed by atoms with van der Waals surface area (Å²) in [5.74, 6) is 0.316. The molecule has 84 valence electrons. The molecular weight excluding hydrogens is 216 g/mol. The monoisotopic (exact) mass is 231 g/mol. The molecule has 2 atom stereocenters. The van der Waals surface area contributed by atoms with Gasteiger partial charge in [0.05, 0.1) is 0 Å². The Bertz CT molecular complexity index is 324. The Balaban J connectivity index is 2.17. The average Bonchev–Trinajstić information content (AvgIpc) is 2.65. The molecule has 0 aromatic carbocycles. The predicted molar refractivity (Wildman–Crippen MR) is 58.7 cm³/mol. The summed E-state index contributed by atoms with van der Waals surface area (Å²) in [6, 6.07) is 0.439. The third kappa shape index (κ3) is 2.37. The Hall–Kier alpha value is -0.480. The molecule has 1 saturated heterocycles. The average molecular weight is 231 g/mol. The standard InChI is InChI=1S/C11H15F2NS/c1-7-4-8(2-3-14-7)9-5-15-6-10(9)11(12)13/h5-8,11,14H,2-4H2,1H3. The normalized spacial score (nSPS) is 27.2. The van der Waals surface area contributed by atoms with E-state index in [-0.39, 0.29) is 5.56 Å². The minimum atomic E-state index is -2.32. The molecule has 0 bridgehead atoms. The molecule has 0 spiro atoms. The molecule has 1 N–H and O–H groups in total. The maximum absolute atomic E-state index is 12.7. The van der Waals surface area contributed by atoms with E-state index in [0.29, 0.717) is 12.0 Å². The molecule has 1 aromatic rings. The highest BCUT2D eigenvalue weighted by atomic mass is 32.1. The highest BCUT2D eigenvalue weighted by molar-refractivity contribution is 7.08. The van der Waals surface area contributed by atoms with Gasteiger partial charge in [-0.1, -0.05) is 0 Å². The Morgan fingerprint density at radius 1 is 1.47 bits per heavy atom. The molecule has 4 heteroatoms. The lowest BCUT2D eigenvalue weighted by atomic mass is 9.86.